The molecular formula is C22H22ClFN4O2. The quantitative estimate of drug-likeness (QED) is 0.640. The predicted molar refractivity (Wildman–Crippen MR) is 113 cm³/mol. The molecule has 30 heavy (non-hydrogen) atoms. The number of nitrogens with zero attached hydrogens (tertiary/aromatic N) is 3. The summed E-state index contributed by atoms with van der Waals surface area (Å²) in [4.78, 5) is 19.0. The zero-order chi connectivity index (χ0) is 21.1. The summed E-state index contributed by atoms with van der Waals surface area (Å²) in [6, 6.07) is 11.6. The summed E-state index contributed by atoms with van der Waals surface area (Å²) in [6.07, 6.45) is 1.81. The van der Waals surface area contributed by atoms with E-state index in [0.29, 0.717) is 34.5 Å². The van der Waals surface area contributed by atoms with Gasteiger partial charge in [0.2, 0.25) is 17.6 Å². The van der Waals surface area contributed by atoms with Crippen LogP contribution >= 0.6 is 11.6 Å². The zero-order valence-corrected chi connectivity index (χ0v) is 17.3. The highest BCUT2D eigenvalue weighted by Gasteiger charge is 2.27. The highest BCUT2D eigenvalue weighted by molar-refractivity contribution is 6.33. The molecule has 1 N–H and O–H groups in total. The lowest BCUT2D eigenvalue weighted by atomic mass is 9.98. The fourth-order valence-corrected chi connectivity index (χ4v) is 3.94. The maximum absolute atomic E-state index is 13.4. The Morgan fingerprint density at radius 3 is 3.00 bits per heavy atom. The van der Waals surface area contributed by atoms with Crippen LogP contribution in [0.2, 0.25) is 5.02 Å². The maximum atomic E-state index is 13.4. The van der Waals surface area contributed by atoms with Gasteiger partial charge in [-0.15, -0.1) is 0 Å². The number of aromatic nitrogens is 2. The largest absolute Gasteiger partial charge is 0.339 e. The standard InChI is InChI=1S/C22H22ClFN4O2/c1-14-7-8-19(18(23)10-14)25-20(29)13-28-9-3-5-16(12-28)22-26-21(27-30-22)15-4-2-6-17(24)11-15/h2,4,6-8,10-11,16H,3,5,9,12-13H2,1H3,(H,25,29). The second-order valence-electron chi connectivity index (χ2n) is 7.57. The molecule has 1 aliphatic rings. The number of benzene rings is 2. The summed E-state index contributed by atoms with van der Waals surface area (Å²) in [5.74, 6) is 0.452. The van der Waals surface area contributed by atoms with E-state index in [1.807, 2.05) is 19.1 Å². The minimum absolute atomic E-state index is 0.0318. The fraction of sp³-hybridized carbons (Fsp3) is 0.318. The van der Waals surface area contributed by atoms with Gasteiger partial charge in [0.1, 0.15) is 5.82 Å². The molecule has 0 bridgehead atoms. The molecule has 0 saturated carbocycles. The van der Waals surface area contributed by atoms with Crippen molar-refractivity contribution in [3.63, 3.8) is 0 Å². The molecule has 4 rings (SSSR count). The van der Waals surface area contributed by atoms with Crippen LogP contribution < -0.4 is 5.32 Å². The number of nitrogens with one attached hydrogen (secondary N) is 1. The smallest absolute Gasteiger partial charge is 0.238 e. The average Bonchev–Trinajstić information content (AvgIpc) is 3.21. The summed E-state index contributed by atoms with van der Waals surface area (Å²) >= 11 is 6.20. The van der Waals surface area contributed by atoms with Crippen LogP contribution in [-0.2, 0) is 4.79 Å². The molecule has 6 nitrogen and oxygen atoms in total. The normalized spacial score (nSPS) is 17.1. The Kier molecular flexibility index (Phi) is 6.11. The molecule has 2 heterocycles. The number of aryl methyl sites for hydroxylation is 1. The number of carbonyl (C=O) groups is 1. The summed E-state index contributed by atoms with van der Waals surface area (Å²) in [5.41, 5.74) is 2.22. The monoisotopic (exact) mass is 428 g/mol. The van der Waals surface area contributed by atoms with Crippen LogP contribution in [-0.4, -0.2) is 40.6 Å². The fourth-order valence-electron chi connectivity index (χ4n) is 3.66. The van der Waals surface area contributed by atoms with Gasteiger partial charge >= 0.3 is 0 Å². The third-order valence-corrected chi connectivity index (χ3v) is 5.46. The average molecular weight is 429 g/mol. The number of piperidine rings is 1. The number of carbonyl (C=O) groups excluding carboxylic acids is 1. The topological polar surface area (TPSA) is 71.3 Å². The lowest BCUT2D eigenvalue weighted by Crippen LogP contribution is -2.39. The van der Waals surface area contributed by atoms with E-state index in [1.54, 1.807) is 18.2 Å². The van der Waals surface area contributed by atoms with Crippen molar-refractivity contribution in [2.45, 2.75) is 25.7 Å². The first-order valence-corrected chi connectivity index (χ1v) is 10.2. The molecule has 1 unspecified atom stereocenters. The van der Waals surface area contributed by atoms with Gasteiger partial charge in [0.25, 0.3) is 0 Å². The van der Waals surface area contributed by atoms with E-state index >= 15 is 0 Å². The number of hydrogen-bond donors (Lipinski definition) is 1. The van der Waals surface area contributed by atoms with Gasteiger partial charge in [0, 0.05) is 12.1 Å². The molecule has 1 amide bonds. The molecule has 8 heteroatoms. The summed E-state index contributed by atoms with van der Waals surface area (Å²) in [5, 5.41) is 7.39. The van der Waals surface area contributed by atoms with E-state index in [0.717, 1.165) is 24.9 Å². The molecule has 3 aromatic rings. The first-order valence-electron chi connectivity index (χ1n) is 9.86. The first kappa shape index (κ1) is 20.5. The molecule has 1 aromatic heterocycles. The molecule has 0 radical (unpaired) electrons. The molecule has 0 spiro atoms. The van der Waals surface area contributed by atoms with Crippen LogP contribution in [0.4, 0.5) is 10.1 Å². The van der Waals surface area contributed by atoms with Gasteiger partial charge in [-0.2, -0.15) is 4.98 Å². The van der Waals surface area contributed by atoms with Crippen molar-refractivity contribution in [2.75, 3.05) is 25.0 Å². The highest BCUT2D eigenvalue weighted by atomic mass is 35.5. The molecule has 156 valence electrons. The van der Waals surface area contributed by atoms with E-state index in [9.17, 15) is 9.18 Å². The molecule has 1 saturated heterocycles. The van der Waals surface area contributed by atoms with Crippen molar-refractivity contribution in [3.05, 3.63) is 64.8 Å². The van der Waals surface area contributed by atoms with Gasteiger partial charge in [-0.25, -0.2) is 4.39 Å². The first-order chi connectivity index (χ1) is 14.5. The van der Waals surface area contributed by atoms with Crippen LogP contribution in [0.3, 0.4) is 0 Å². The Hall–Kier alpha value is -2.77. The van der Waals surface area contributed by atoms with Gasteiger partial charge in [0.05, 0.1) is 23.2 Å². The zero-order valence-electron chi connectivity index (χ0n) is 16.6. The Morgan fingerprint density at radius 2 is 2.20 bits per heavy atom. The maximum Gasteiger partial charge on any atom is 0.238 e. The molecule has 0 aliphatic carbocycles. The number of hydrogen-bond acceptors (Lipinski definition) is 5. The summed E-state index contributed by atoms with van der Waals surface area (Å²) in [6.45, 7) is 3.66. The van der Waals surface area contributed by atoms with Crippen LogP contribution in [0.5, 0.6) is 0 Å². The number of amides is 1. The molecule has 1 fully saturated rings. The van der Waals surface area contributed by atoms with Crippen molar-refractivity contribution in [2.24, 2.45) is 0 Å². The molecule has 1 atom stereocenters. The third kappa shape index (κ3) is 4.86. The second-order valence-corrected chi connectivity index (χ2v) is 7.98. The van der Waals surface area contributed by atoms with Crippen LogP contribution in [0.1, 0.15) is 30.2 Å². The van der Waals surface area contributed by atoms with E-state index in [2.05, 4.69) is 20.4 Å². The minimum Gasteiger partial charge on any atom is -0.339 e. The Labute approximate surface area is 179 Å². The van der Waals surface area contributed by atoms with E-state index in [-0.39, 0.29) is 24.2 Å². The van der Waals surface area contributed by atoms with Gasteiger partial charge in [-0.05, 0) is 56.1 Å². The van der Waals surface area contributed by atoms with Crippen LogP contribution in [0, 0.1) is 12.7 Å². The molecular weight excluding hydrogens is 407 g/mol. The van der Waals surface area contributed by atoms with E-state index < -0.39 is 0 Å². The minimum atomic E-state index is -0.345. The summed E-state index contributed by atoms with van der Waals surface area (Å²) < 4.78 is 18.9. The third-order valence-electron chi connectivity index (χ3n) is 5.15. The SMILES string of the molecule is Cc1ccc(NC(=O)CN2CCCC(c3nc(-c4cccc(F)c4)no3)C2)c(Cl)c1. The molecule has 2 aromatic carbocycles. The number of halogens is 2. The lowest BCUT2D eigenvalue weighted by Gasteiger charge is -2.30. The van der Waals surface area contributed by atoms with Gasteiger partial charge in [0.15, 0.2) is 0 Å². The van der Waals surface area contributed by atoms with Gasteiger partial charge in [-0.1, -0.05) is 35.0 Å². The lowest BCUT2D eigenvalue weighted by molar-refractivity contribution is -0.117. The highest BCUT2D eigenvalue weighted by Crippen LogP contribution is 2.28. The van der Waals surface area contributed by atoms with E-state index in [1.165, 1.54) is 12.1 Å². The van der Waals surface area contributed by atoms with Crippen LogP contribution in [0.25, 0.3) is 11.4 Å². The second kappa shape index (κ2) is 8.93. The Balaban J connectivity index is 1.38. The molecule has 1 aliphatic heterocycles. The van der Waals surface area contributed by atoms with Crippen molar-refractivity contribution in [1.29, 1.82) is 0 Å². The van der Waals surface area contributed by atoms with Crippen molar-refractivity contribution in [3.8, 4) is 11.4 Å². The number of likely N-dealkylation sites (tertiary alicyclic amines) is 1. The van der Waals surface area contributed by atoms with Gasteiger partial charge in [-0.3, -0.25) is 9.69 Å². The summed E-state index contributed by atoms with van der Waals surface area (Å²) in [7, 11) is 0. The Morgan fingerprint density at radius 1 is 1.33 bits per heavy atom. The van der Waals surface area contributed by atoms with Crippen molar-refractivity contribution < 1.29 is 13.7 Å². The van der Waals surface area contributed by atoms with E-state index in [4.69, 9.17) is 16.1 Å². The van der Waals surface area contributed by atoms with Crippen LogP contribution in [0.15, 0.2) is 47.0 Å². The predicted octanol–water partition coefficient (Wildman–Crippen LogP) is 4.66. The van der Waals surface area contributed by atoms with Crippen molar-refractivity contribution >= 4 is 23.2 Å². The number of anilines is 1. The van der Waals surface area contributed by atoms with Gasteiger partial charge < -0.3 is 9.84 Å². The number of rotatable bonds is 5. The van der Waals surface area contributed by atoms with Crippen molar-refractivity contribution in [1.82, 2.24) is 15.0 Å². The Bertz CT molecular complexity index is 1060.